The van der Waals surface area contributed by atoms with Crippen LogP contribution < -0.4 is 5.32 Å². The zero-order valence-corrected chi connectivity index (χ0v) is 16.0. The van der Waals surface area contributed by atoms with Crippen molar-refractivity contribution in [1.82, 2.24) is 20.1 Å². The summed E-state index contributed by atoms with van der Waals surface area (Å²) in [5, 5.41) is 12.8. The minimum Gasteiger partial charge on any atom is -0.352 e. The van der Waals surface area contributed by atoms with Gasteiger partial charge in [-0.15, -0.1) is 10.2 Å². The van der Waals surface area contributed by atoms with E-state index in [2.05, 4.69) is 39.1 Å². The molecule has 0 spiro atoms. The standard InChI is InChI=1S/C20H26N4OS/c1-14-7-5-6-10-17(14)21-18(25)13-26-20-23-22-19(15-11-12-15)24(20)16-8-3-2-4-9-16/h2-4,8-9,14-15,17H,5-7,10-13H2,1H3,(H,21,25)/t14-,17-/m0/s1. The van der Waals surface area contributed by atoms with Gasteiger partial charge in [0.25, 0.3) is 0 Å². The molecule has 1 aromatic heterocycles. The summed E-state index contributed by atoms with van der Waals surface area (Å²) in [6.07, 6.45) is 7.17. The maximum atomic E-state index is 12.4. The Bertz CT molecular complexity index is 756. The molecule has 2 aliphatic carbocycles. The van der Waals surface area contributed by atoms with Crippen LogP contribution in [0.4, 0.5) is 0 Å². The normalized spacial score (nSPS) is 23.0. The Hall–Kier alpha value is -1.82. The van der Waals surface area contributed by atoms with Gasteiger partial charge in [0.1, 0.15) is 5.82 Å². The van der Waals surface area contributed by atoms with E-state index in [4.69, 9.17) is 0 Å². The average molecular weight is 371 g/mol. The number of rotatable bonds is 6. The fraction of sp³-hybridized carbons (Fsp3) is 0.550. The van der Waals surface area contributed by atoms with E-state index < -0.39 is 0 Å². The molecule has 1 N–H and O–H groups in total. The van der Waals surface area contributed by atoms with Crippen molar-refractivity contribution in [3.8, 4) is 5.69 Å². The second-order valence-electron chi connectivity index (χ2n) is 7.51. The Kier molecular flexibility index (Phi) is 5.29. The molecule has 0 unspecified atom stereocenters. The van der Waals surface area contributed by atoms with Crippen LogP contribution in [0, 0.1) is 5.92 Å². The Morgan fingerprint density at radius 2 is 1.92 bits per heavy atom. The second kappa shape index (κ2) is 7.82. The summed E-state index contributed by atoms with van der Waals surface area (Å²) in [4.78, 5) is 12.4. The summed E-state index contributed by atoms with van der Waals surface area (Å²) >= 11 is 1.48. The van der Waals surface area contributed by atoms with Gasteiger partial charge in [-0.1, -0.05) is 49.7 Å². The number of para-hydroxylation sites is 1. The van der Waals surface area contributed by atoms with Crippen LogP contribution in [0.25, 0.3) is 5.69 Å². The number of carbonyl (C=O) groups is 1. The van der Waals surface area contributed by atoms with Crippen LogP contribution in [0.2, 0.25) is 0 Å². The third kappa shape index (κ3) is 3.95. The highest BCUT2D eigenvalue weighted by Crippen LogP contribution is 2.41. The number of amides is 1. The van der Waals surface area contributed by atoms with Crippen molar-refractivity contribution in [2.75, 3.05) is 5.75 Å². The van der Waals surface area contributed by atoms with Gasteiger partial charge in [-0.25, -0.2) is 0 Å². The van der Waals surface area contributed by atoms with E-state index in [9.17, 15) is 4.79 Å². The zero-order valence-electron chi connectivity index (χ0n) is 15.2. The zero-order chi connectivity index (χ0) is 17.9. The van der Waals surface area contributed by atoms with Gasteiger partial charge in [0, 0.05) is 17.6 Å². The van der Waals surface area contributed by atoms with Gasteiger partial charge in [-0.2, -0.15) is 0 Å². The van der Waals surface area contributed by atoms with Crippen LogP contribution in [-0.2, 0) is 4.79 Å². The summed E-state index contributed by atoms with van der Waals surface area (Å²) in [6.45, 7) is 2.24. The first-order valence-electron chi connectivity index (χ1n) is 9.65. The SMILES string of the molecule is C[C@H]1CCCC[C@@H]1NC(=O)CSc1nnc(C2CC2)n1-c1ccccc1. The molecule has 0 aliphatic heterocycles. The van der Waals surface area contributed by atoms with Crippen LogP contribution in [0.15, 0.2) is 35.5 Å². The molecule has 5 nitrogen and oxygen atoms in total. The number of carbonyl (C=O) groups excluding carboxylic acids is 1. The van der Waals surface area contributed by atoms with Crippen molar-refractivity contribution < 1.29 is 4.79 Å². The highest BCUT2D eigenvalue weighted by atomic mass is 32.2. The molecule has 1 aromatic carbocycles. The lowest BCUT2D eigenvalue weighted by Crippen LogP contribution is -2.41. The Morgan fingerprint density at radius 1 is 1.15 bits per heavy atom. The topological polar surface area (TPSA) is 59.8 Å². The molecule has 4 rings (SSSR count). The maximum Gasteiger partial charge on any atom is 0.230 e. The summed E-state index contributed by atoms with van der Waals surface area (Å²) in [5.74, 6) is 2.60. The molecule has 2 atom stereocenters. The minimum absolute atomic E-state index is 0.101. The van der Waals surface area contributed by atoms with Crippen molar-refractivity contribution in [3.05, 3.63) is 36.2 Å². The number of nitrogens with zero attached hydrogens (tertiary/aromatic N) is 3. The lowest BCUT2D eigenvalue weighted by atomic mass is 9.86. The van der Waals surface area contributed by atoms with E-state index in [-0.39, 0.29) is 5.91 Å². The fourth-order valence-corrected chi connectivity index (χ4v) is 4.48. The smallest absolute Gasteiger partial charge is 0.230 e. The molecular weight excluding hydrogens is 344 g/mol. The molecule has 2 aromatic rings. The first kappa shape index (κ1) is 17.6. The third-order valence-corrected chi connectivity index (χ3v) is 6.33. The summed E-state index contributed by atoms with van der Waals surface area (Å²) < 4.78 is 2.12. The van der Waals surface area contributed by atoms with E-state index >= 15 is 0 Å². The molecule has 0 radical (unpaired) electrons. The largest absolute Gasteiger partial charge is 0.352 e. The maximum absolute atomic E-state index is 12.4. The summed E-state index contributed by atoms with van der Waals surface area (Å²) in [5.41, 5.74) is 1.07. The number of aromatic nitrogens is 3. The second-order valence-corrected chi connectivity index (χ2v) is 8.45. The van der Waals surface area contributed by atoms with E-state index in [1.807, 2.05) is 18.2 Å². The van der Waals surface area contributed by atoms with Crippen LogP contribution >= 0.6 is 11.8 Å². The van der Waals surface area contributed by atoms with E-state index in [1.54, 1.807) is 0 Å². The van der Waals surface area contributed by atoms with Crippen molar-refractivity contribution in [1.29, 1.82) is 0 Å². The number of nitrogens with one attached hydrogen (secondary N) is 1. The van der Waals surface area contributed by atoms with Crippen LogP contribution in [0.5, 0.6) is 0 Å². The Balaban J connectivity index is 1.44. The molecule has 26 heavy (non-hydrogen) atoms. The third-order valence-electron chi connectivity index (χ3n) is 5.41. The highest BCUT2D eigenvalue weighted by molar-refractivity contribution is 7.99. The fourth-order valence-electron chi connectivity index (χ4n) is 3.71. The first-order valence-corrected chi connectivity index (χ1v) is 10.6. The molecule has 2 saturated carbocycles. The average Bonchev–Trinajstić information content (AvgIpc) is 3.42. The quantitative estimate of drug-likeness (QED) is 0.783. The van der Waals surface area contributed by atoms with Crippen LogP contribution in [0.3, 0.4) is 0 Å². The first-order chi connectivity index (χ1) is 12.7. The van der Waals surface area contributed by atoms with Crippen molar-refractivity contribution in [2.45, 2.75) is 62.6 Å². The van der Waals surface area contributed by atoms with Crippen molar-refractivity contribution in [2.24, 2.45) is 5.92 Å². The predicted octanol–water partition coefficient (Wildman–Crippen LogP) is 3.93. The van der Waals surface area contributed by atoms with Crippen molar-refractivity contribution >= 4 is 17.7 Å². The molecule has 1 amide bonds. The number of hydrogen-bond acceptors (Lipinski definition) is 4. The van der Waals surface area contributed by atoms with Crippen molar-refractivity contribution in [3.63, 3.8) is 0 Å². The number of thioether (sulfide) groups is 1. The minimum atomic E-state index is 0.101. The van der Waals surface area contributed by atoms with Crippen LogP contribution in [0.1, 0.15) is 57.2 Å². The van der Waals surface area contributed by atoms with Gasteiger partial charge in [0.15, 0.2) is 5.16 Å². The van der Waals surface area contributed by atoms with Gasteiger partial charge in [-0.3, -0.25) is 9.36 Å². The van der Waals surface area contributed by atoms with E-state index in [1.165, 1.54) is 43.9 Å². The Morgan fingerprint density at radius 3 is 2.65 bits per heavy atom. The highest BCUT2D eigenvalue weighted by Gasteiger charge is 2.31. The van der Waals surface area contributed by atoms with E-state index in [0.29, 0.717) is 23.6 Å². The van der Waals surface area contributed by atoms with Gasteiger partial charge < -0.3 is 5.32 Å². The van der Waals surface area contributed by atoms with Gasteiger partial charge >= 0.3 is 0 Å². The van der Waals surface area contributed by atoms with Gasteiger partial charge in [0.2, 0.25) is 5.91 Å². The summed E-state index contributed by atoms with van der Waals surface area (Å²) in [6, 6.07) is 10.5. The molecule has 138 valence electrons. The molecule has 2 fully saturated rings. The summed E-state index contributed by atoms with van der Waals surface area (Å²) in [7, 11) is 0. The molecule has 2 aliphatic rings. The Labute approximate surface area is 159 Å². The molecule has 6 heteroatoms. The van der Waals surface area contributed by atoms with Gasteiger partial charge in [-0.05, 0) is 43.7 Å². The number of hydrogen-bond donors (Lipinski definition) is 1. The van der Waals surface area contributed by atoms with Crippen LogP contribution in [-0.4, -0.2) is 32.5 Å². The van der Waals surface area contributed by atoms with E-state index in [0.717, 1.165) is 23.1 Å². The predicted molar refractivity (Wildman–Crippen MR) is 104 cm³/mol. The number of benzene rings is 1. The lowest BCUT2D eigenvalue weighted by molar-refractivity contribution is -0.119. The molecule has 0 saturated heterocycles. The van der Waals surface area contributed by atoms with Gasteiger partial charge in [0.05, 0.1) is 5.75 Å². The monoisotopic (exact) mass is 370 g/mol. The molecule has 0 bridgehead atoms. The molecule has 1 heterocycles. The lowest BCUT2D eigenvalue weighted by Gasteiger charge is -2.29. The molecular formula is C20H26N4OS.